The van der Waals surface area contributed by atoms with E-state index in [0.29, 0.717) is 5.69 Å². The molecule has 0 spiro atoms. The summed E-state index contributed by atoms with van der Waals surface area (Å²) in [6, 6.07) is 3.54. The number of thiazole rings is 1. The van der Waals surface area contributed by atoms with Gasteiger partial charge in [0, 0.05) is 11.1 Å². The van der Waals surface area contributed by atoms with Crippen LogP contribution >= 0.6 is 11.3 Å². The van der Waals surface area contributed by atoms with Crippen molar-refractivity contribution < 1.29 is 22.8 Å². The molecule has 4 N–H and O–H groups in total. The van der Waals surface area contributed by atoms with Crippen LogP contribution in [-0.4, -0.2) is 16.9 Å². The molecule has 0 saturated carbocycles. The Bertz CT molecular complexity index is 730. The van der Waals surface area contributed by atoms with Gasteiger partial charge in [-0.05, 0) is 18.2 Å². The number of hydrogen-bond donors (Lipinski definition) is 3. The first-order chi connectivity index (χ1) is 10.7. The first-order valence-electron chi connectivity index (χ1n) is 6.22. The van der Waals surface area contributed by atoms with Gasteiger partial charge in [-0.15, -0.1) is 11.3 Å². The molecule has 0 unspecified atom stereocenters. The maximum atomic E-state index is 12.6. The molecule has 122 valence electrons. The van der Waals surface area contributed by atoms with Crippen LogP contribution in [0.1, 0.15) is 11.3 Å². The zero-order valence-corrected chi connectivity index (χ0v) is 12.3. The highest BCUT2D eigenvalue weighted by Gasteiger charge is 2.30. The fourth-order valence-corrected chi connectivity index (χ4v) is 2.41. The number of anilines is 2. The number of urea groups is 1. The minimum absolute atomic E-state index is 0.0375. The van der Waals surface area contributed by atoms with Crippen molar-refractivity contribution in [2.45, 2.75) is 12.6 Å². The van der Waals surface area contributed by atoms with Crippen molar-refractivity contribution in [1.29, 1.82) is 0 Å². The third-order valence-corrected chi connectivity index (χ3v) is 3.40. The Morgan fingerprint density at radius 1 is 1.26 bits per heavy atom. The first-order valence-corrected chi connectivity index (χ1v) is 7.10. The number of halogens is 3. The molecule has 10 heteroatoms. The summed E-state index contributed by atoms with van der Waals surface area (Å²) in [5, 5.41) is 6.40. The van der Waals surface area contributed by atoms with Gasteiger partial charge < -0.3 is 11.1 Å². The van der Waals surface area contributed by atoms with E-state index in [4.69, 9.17) is 5.73 Å². The number of nitrogens with zero attached hydrogens (tertiary/aromatic N) is 1. The third-order valence-electron chi connectivity index (χ3n) is 2.60. The molecule has 1 heterocycles. The van der Waals surface area contributed by atoms with Crippen LogP contribution in [0.2, 0.25) is 0 Å². The van der Waals surface area contributed by atoms with Gasteiger partial charge in [0.2, 0.25) is 5.91 Å². The van der Waals surface area contributed by atoms with Crippen LogP contribution < -0.4 is 16.4 Å². The zero-order valence-electron chi connectivity index (χ0n) is 11.5. The van der Waals surface area contributed by atoms with Crippen molar-refractivity contribution in [3.05, 3.63) is 40.9 Å². The maximum absolute atomic E-state index is 12.6. The number of rotatable bonds is 4. The molecule has 0 aliphatic carbocycles. The number of alkyl halides is 3. The van der Waals surface area contributed by atoms with Crippen molar-refractivity contribution in [3.8, 4) is 0 Å². The molecule has 3 amide bonds. The van der Waals surface area contributed by atoms with Gasteiger partial charge in [0.15, 0.2) is 5.13 Å². The Morgan fingerprint density at radius 2 is 2.00 bits per heavy atom. The van der Waals surface area contributed by atoms with E-state index >= 15 is 0 Å². The molecule has 1 aromatic heterocycles. The van der Waals surface area contributed by atoms with Gasteiger partial charge in [-0.25, -0.2) is 9.78 Å². The maximum Gasteiger partial charge on any atom is 0.416 e. The van der Waals surface area contributed by atoms with Gasteiger partial charge in [0.25, 0.3) is 0 Å². The number of aromatic nitrogens is 1. The predicted molar refractivity (Wildman–Crippen MR) is 79.1 cm³/mol. The second-order valence-corrected chi connectivity index (χ2v) is 5.29. The average molecular weight is 344 g/mol. The van der Waals surface area contributed by atoms with E-state index in [2.05, 4.69) is 15.6 Å². The summed E-state index contributed by atoms with van der Waals surface area (Å²) in [6.07, 6.45) is -4.63. The van der Waals surface area contributed by atoms with E-state index in [0.717, 1.165) is 23.5 Å². The number of amides is 3. The van der Waals surface area contributed by atoms with Crippen molar-refractivity contribution >= 4 is 34.1 Å². The summed E-state index contributed by atoms with van der Waals surface area (Å²) in [7, 11) is 0. The minimum atomic E-state index is -4.48. The summed E-state index contributed by atoms with van der Waals surface area (Å²) < 4.78 is 37.8. The Balaban J connectivity index is 2.00. The molecule has 6 nitrogen and oxygen atoms in total. The molecule has 0 bridgehead atoms. The SMILES string of the molecule is NC(=O)Nc1nc(CC(=O)Nc2cccc(C(F)(F)F)c2)cs1. The Hall–Kier alpha value is -2.62. The summed E-state index contributed by atoms with van der Waals surface area (Å²) in [5.41, 5.74) is 4.48. The predicted octanol–water partition coefficient (Wildman–Crippen LogP) is 2.83. The number of carbonyl (C=O) groups excluding carboxylic acids is 2. The Labute approximate surface area is 132 Å². The van der Waals surface area contributed by atoms with Crippen LogP contribution in [0.3, 0.4) is 0 Å². The van der Waals surface area contributed by atoms with Crippen molar-refractivity contribution in [2.75, 3.05) is 10.6 Å². The molecule has 0 radical (unpaired) electrons. The molecule has 0 aliphatic rings. The standard InChI is InChI=1S/C13H11F3N4O2S/c14-13(15,16)7-2-1-3-8(4-7)18-10(21)5-9-6-23-12(19-9)20-11(17)22/h1-4,6H,5H2,(H,18,21)(H3,17,19,20,22). The summed E-state index contributed by atoms with van der Waals surface area (Å²) in [4.78, 5) is 26.4. The zero-order chi connectivity index (χ0) is 17.0. The number of nitrogens with one attached hydrogen (secondary N) is 2. The number of carbonyl (C=O) groups is 2. The normalized spacial score (nSPS) is 11.1. The van der Waals surface area contributed by atoms with E-state index in [-0.39, 0.29) is 17.2 Å². The number of hydrogen-bond acceptors (Lipinski definition) is 4. The van der Waals surface area contributed by atoms with E-state index in [1.54, 1.807) is 0 Å². The van der Waals surface area contributed by atoms with Crippen LogP contribution in [-0.2, 0) is 17.4 Å². The molecular formula is C13H11F3N4O2S. The largest absolute Gasteiger partial charge is 0.416 e. The minimum Gasteiger partial charge on any atom is -0.351 e. The second-order valence-electron chi connectivity index (χ2n) is 4.44. The van der Waals surface area contributed by atoms with E-state index in [9.17, 15) is 22.8 Å². The molecular weight excluding hydrogens is 333 g/mol. The lowest BCUT2D eigenvalue weighted by Crippen LogP contribution is -2.19. The molecule has 0 saturated heterocycles. The molecule has 0 aliphatic heterocycles. The number of primary amides is 1. The van der Waals surface area contributed by atoms with Gasteiger partial charge in [-0.3, -0.25) is 10.1 Å². The third kappa shape index (κ3) is 4.95. The topological polar surface area (TPSA) is 97.1 Å². The highest BCUT2D eigenvalue weighted by Crippen LogP contribution is 2.30. The molecule has 2 rings (SSSR count). The lowest BCUT2D eigenvalue weighted by molar-refractivity contribution is -0.137. The first kappa shape index (κ1) is 16.7. The molecule has 0 fully saturated rings. The molecule has 23 heavy (non-hydrogen) atoms. The smallest absolute Gasteiger partial charge is 0.351 e. The van der Waals surface area contributed by atoms with Crippen molar-refractivity contribution in [1.82, 2.24) is 4.98 Å². The van der Waals surface area contributed by atoms with Gasteiger partial charge in [-0.1, -0.05) is 6.07 Å². The van der Waals surface area contributed by atoms with E-state index in [1.165, 1.54) is 17.5 Å². The van der Waals surface area contributed by atoms with Gasteiger partial charge >= 0.3 is 12.2 Å². The Morgan fingerprint density at radius 3 is 2.65 bits per heavy atom. The van der Waals surface area contributed by atoms with Gasteiger partial charge in [-0.2, -0.15) is 13.2 Å². The molecule has 2 aromatic rings. The van der Waals surface area contributed by atoms with Crippen LogP contribution in [0, 0.1) is 0 Å². The van der Waals surface area contributed by atoms with Crippen LogP contribution in [0.25, 0.3) is 0 Å². The molecule has 0 atom stereocenters. The summed E-state index contributed by atoms with van der Waals surface area (Å²) >= 11 is 1.08. The fraction of sp³-hybridized carbons (Fsp3) is 0.154. The highest BCUT2D eigenvalue weighted by molar-refractivity contribution is 7.13. The Kier molecular flexibility index (Phi) is 4.84. The lowest BCUT2D eigenvalue weighted by atomic mass is 10.2. The van der Waals surface area contributed by atoms with E-state index in [1.807, 2.05) is 0 Å². The second kappa shape index (κ2) is 6.65. The fourth-order valence-electron chi connectivity index (χ4n) is 1.69. The van der Waals surface area contributed by atoms with Gasteiger partial charge in [0.05, 0.1) is 17.7 Å². The van der Waals surface area contributed by atoms with Crippen LogP contribution in [0.5, 0.6) is 0 Å². The summed E-state index contributed by atoms with van der Waals surface area (Å²) in [5.74, 6) is -0.528. The average Bonchev–Trinajstić information content (AvgIpc) is 2.84. The number of nitrogens with two attached hydrogens (primary N) is 1. The summed E-state index contributed by atoms with van der Waals surface area (Å²) in [6.45, 7) is 0. The number of benzene rings is 1. The van der Waals surface area contributed by atoms with Crippen LogP contribution in [0.4, 0.5) is 28.8 Å². The van der Waals surface area contributed by atoms with Gasteiger partial charge in [0.1, 0.15) is 0 Å². The van der Waals surface area contributed by atoms with Crippen molar-refractivity contribution in [2.24, 2.45) is 5.73 Å². The lowest BCUT2D eigenvalue weighted by Gasteiger charge is -2.09. The van der Waals surface area contributed by atoms with Crippen LogP contribution in [0.15, 0.2) is 29.6 Å². The quantitative estimate of drug-likeness (QED) is 0.795. The van der Waals surface area contributed by atoms with Crippen molar-refractivity contribution in [3.63, 3.8) is 0 Å². The monoisotopic (exact) mass is 344 g/mol. The van der Waals surface area contributed by atoms with E-state index < -0.39 is 23.7 Å². The molecule has 1 aromatic carbocycles. The highest BCUT2D eigenvalue weighted by atomic mass is 32.1.